The fraction of sp³-hybridized carbons (Fsp3) is 0.450. The molecule has 4 aromatic carbocycles. The molecule has 3 nitrogen and oxygen atoms in total. The number of rotatable bonds is 2. The highest BCUT2D eigenvalue weighted by atomic mass is 31.1. The summed E-state index contributed by atoms with van der Waals surface area (Å²) in [6, 6.07) is 19.2. The minimum Gasteiger partial charge on any atom is -0.390 e. The summed E-state index contributed by atoms with van der Waals surface area (Å²) in [7, 11) is -1.85. The second-order valence-electron chi connectivity index (χ2n) is 16.6. The number of fused-ring (bicyclic) bond motifs is 4. The van der Waals surface area contributed by atoms with Crippen molar-refractivity contribution in [2.24, 2.45) is 0 Å². The molecule has 5 rings (SSSR count). The second-order valence-corrected chi connectivity index (χ2v) is 17.6. The van der Waals surface area contributed by atoms with E-state index in [2.05, 4.69) is 133 Å². The summed E-state index contributed by atoms with van der Waals surface area (Å²) in [4.78, 5) is 0. The summed E-state index contributed by atoms with van der Waals surface area (Å²) >= 11 is 0. The van der Waals surface area contributed by atoms with Gasteiger partial charge in [0, 0.05) is 27.3 Å². The molecule has 0 atom stereocenters. The molecule has 0 aliphatic heterocycles. The minimum atomic E-state index is -1.85. The first kappa shape index (κ1) is 32.2. The van der Waals surface area contributed by atoms with Crippen LogP contribution in [0, 0.1) is 13.8 Å². The van der Waals surface area contributed by atoms with Crippen molar-refractivity contribution in [1.29, 1.82) is 0 Å². The summed E-state index contributed by atoms with van der Waals surface area (Å²) in [6.45, 7) is 32.0. The molecular formula is C40H51O3P. The maximum atomic E-state index is 7.07. The maximum absolute atomic E-state index is 7.07. The quantitative estimate of drug-likeness (QED) is 0.199. The predicted molar refractivity (Wildman–Crippen MR) is 191 cm³/mol. The molecule has 0 radical (unpaired) electrons. The third kappa shape index (κ3) is 5.81. The molecule has 0 saturated carbocycles. The van der Waals surface area contributed by atoms with E-state index in [1.807, 2.05) is 18.2 Å². The first-order valence-electron chi connectivity index (χ1n) is 15.9. The Morgan fingerprint density at radius 2 is 0.932 bits per heavy atom. The van der Waals surface area contributed by atoms with Gasteiger partial charge in [-0.25, -0.2) is 0 Å². The lowest BCUT2D eigenvalue weighted by Gasteiger charge is -2.30. The molecule has 1 aromatic heterocycles. The normalized spacial score (nSPS) is 13.2. The molecular weight excluding hydrogens is 559 g/mol. The summed E-state index contributed by atoms with van der Waals surface area (Å²) in [5.74, 6) is 0.764. The van der Waals surface area contributed by atoms with Crippen LogP contribution in [0.3, 0.4) is 0 Å². The van der Waals surface area contributed by atoms with Gasteiger partial charge in [-0.1, -0.05) is 132 Å². The number of hydrogen-bond donors (Lipinski definition) is 0. The lowest BCUT2D eigenvalue weighted by atomic mass is 9.74. The van der Waals surface area contributed by atoms with Gasteiger partial charge in [0.1, 0.15) is 16.9 Å². The summed E-state index contributed by atoms with van der Waals surface area (Å²) in [5, 5.41) is 4.44. The fourth-order valence-electron chi connectivity index (χ4n) is 6.54. The summed E-state index contributed by atoms with van der Waals surface area (Å²) in [5.41, 5.74) is 8.77. The van der Waals surface area contributed by atoms with E-state index in [0.29, 0.717) is 0 Å². The van der Waals surface area contributed by atoms with Gasteiger partial charge >= 0.3 is 8.24 Å². The highest BCUT2D eigenvalue weighted by Crippen LogP contribution is 2.49. The zero-order valence-corrected chi connectivity index (χ0v) is 30.3. The molecule has 0 unspecified atom stereocenters. The van der Waals surface area contributed by atoms with Crippen molar-refractivity contribution >= 4 is 41.0 Å². The highest BCUT2D eigenvalue weighted by Gasteiger charge is 2.32. The van der Waals surface area contributed by atoms with Gasteiger partial charge in [-0.15, -0.1) is 0 Å². The van der Waals surface area contributed by atoms with Gasteiger partial charge in [-0.2, -0.15) is 0 Å². The average Bonchev–Trinajstić information content (AvgIpc) is 3.04. The third-order valence-electron chi connectivity index (χ3n) is 8.81. The summed E-state index contributed by atoms with van der Waals surface area (Å²) in [6.07, 6.45) is 0. The molecule has 5 aromatic rings. The van der Waals surface area contributed by atoms with Crippen LogP contribution >= 0.6 is 8.24 Å². The Balaban J connectivity index is 2.10. The van der Waals surface area contributed by atoms with Crippen molar-refractivity contribution in [1.82, 2.24) is 0 Å². The van der Waals surface area contributed by atoms with Crippen LogP contribution in [-0.4, -0.2) is 0 Å². The van der Waals surface area contributed by atoms with Crippen molar-refractivity contribution in [3.63, 3.8) is 0 Å². The topological polar surface area (TPSA) is 35.5 Å². The van der Waals surface area contributed by atoms with Crippen LogP contribution in [-0.2, 0) is 21.7 Å². The monoisotopic (exact) mass is 610 g/mol. The molecule has 0 aliphatic rings. The first-order valence-corrected chi connectivity index (χ1v) is 17.0. The maximum Gasteiger partial charge on any atom is 0.453 e. The predicted octanol–water partition coefficient (Wildman–Crippen LogP) is 13.1. The van der Waals surface area contributed by atoms with Gasteiger partial charge in [0.05, 0.1) is 0 Å². The molecule has 0 amide bonds. The van der Waals surface area contributed by atoms with Crippen molar-refractivity contribution in [3.8, 4) is 5.75 Å². The Hall–Kier alpha value is -3.16. The van der Waals surface area contributed by atoms with Crippen LogP contribution in [0.25, 0.3) is 32.7 Å². The SMILES string of the molecule is Cc1c(C(C)(C)C)cc(C(C)(C)C)c2op(Oc3cccc4ccccc34)oc3c(C(C)(C)C)cc(C(C)(C)C)c(C)c3c12. The molecule has 0 N–H and O–H groups in total. The molecule has 0 fully saturated rings. The molecule has 0 spiro atoms. The molecule has 1 heterocycles. The molecule has 44 heavy (non-hydrogen) atoms. The zero-order valence-electron chi connectivity index (χ0n) is 29.4. The largest absolute Gasteiger partial charge is 0.453 e. The average molecular weight is 611 g/mol. The smallest absolute Gasteiger partial charge is 0.390 e. The van der Waals surface area contributed by atoms with Gasteiger partial charge in [0.25, 0.3) is 0 Å². The van der Waals surface area contributed by atoms with Crippen LogP contribution < -0.4 is 4.52 Å². The highest BCUT2D eigenvalue weighted by molar-refractivity contribution is 7.32. The molecule has 234 valence electrons. The van der Waals surface area contributed by atoms with Crippen LogP contribution in [0.5, 0.6) is 5.75 Å². The Morgan fingerprint density at radius 1 is 0.523 bits per heavy atom. The Bertz CT molecular complexity index is 1830. The van der Waals surface area contributed by atoms with Crippen molar-refractivity contribution in [3.05, 3.63) is 88.0 Å². The van der Waals surface area contributed by atoms with Crippen molar-refractivity contribution in [2.45, 2.75) is 119 Å². The van der Waals surface area contributed by atoms with E-state index >= 15 is 0 Å². The first-order chi connectivity index (χ1) is 20.2. The fourth-order valence-corrected chi connectivity index (χ4v) is 7.65. The number of hydrogen-bond acceptors (Lipinski definition) is 3. The number of aryl methyl sites for hydroxylation is 2. The van der Waals surface area contributed by atoms with E-state index in [0.717, 1.165) is 38.5 Å². The van der Waals surface area contributed by atoms with Gasteiger partial charge in [0.2, 0.25) is 0 Å². The van der Waals surface area contributed by atoms with Crippen LogP contribution in [0.2, 0.25) is 0 Å². The molecule has 0 aliphatic carbocycles. The molecule has 4 heteroatoms. The summed E-state index contributed by atoms with van der Waals surface area (Å²) < 4.78 is 20.9. The van der Waals surface area contributed by atoms with Crippen molar-refractivity contribution < 1.29 is 12.9 Å². The van der Waals surface area contributed by atoms with Crippen LogP contribution in [0.15, 0.2) is 63.0 Å². The van der Waals surface area contributed by atoms with E-state index in [9.17, 15) is 0 Å². The van der Waals surface area contributed by atoms with Crippen LogP contribution in [0.1, 0.15) is 116 Å². The molecule has 0 bridgehead atoms. The Morgan fingerprint density at radius 3 is 1.36 bits per heavy atom. The Kier molecular flexibility index (Phi) is 7.86. The second kappa shape index (κ2) is 10.7. The van der Waals surface area contributed by atoms with E-state index in [4.69, 9.17) is 12.9 Å². The third-order valence-corrected chi connectivity index (χ3v) is 9.82. The zero-order chi connectivity index (χ0) is 32.6. The Labute approximate surface area is 265 Å². The van der Waals surface area contributed by atoms with Gasteiger partial charge in [0.15, 0.2) is 0 Å². The van der Waals surface area contributed by atoms with E-state index < -0.39 is 8.24 Å². The molecule has 0 saturated heterocycles. The standard InChI is InChI=1S/C40H51O3P/c1-24-28(37(3,4)5)22-30(39(9,10)11)35-33(24)34-25(2)29(38(6,7)8)23-31(40(12,13)14)36(34)43-44(42-35)41-32-21-17-19-26-18-15-16-20-27(26)32/h15-23H,1-14H3. The van der Waals surface area contributed by atoms with E-state index in [-0.39, 0.29) is 21.7 Å². The van der Waals surface area contributed by atoms with E-state index in [1.54, 1.807) is 0 Å². The van der Waals surface area contributed by atoms with Gasteiger partial charge in [-0.3, -0.25) is 0 Å². The van der Waals surface area contributed by atoms with Crippen LogP contribution in [0.4, 0.5) is 0 Å². The van der Waals surface area contributed by atoms with Crippen molar-refractivity contribution in [2.75, 3.05) is 0 Å². The lowest BCUT2D eigenvalue weighted by Crippen LogP contribution is -2.19. The van der Waals surface area contributed by atoms with Gasteiger partial charge in [-0.05, 0) is 69.2 Å². The lowest BCUT2D eigenvalue weighted by molar-refractivity contribution is 0.491. The van der Waals surface area contributed by atoms with Gasteiger partial charge < -0.3 is 12.9 Å². The minimum absolute atomic E-state index is 0.0565. The van der Waals surface area contributed by atoms with E-state index in [1.165, 1.54) is 33.4 Å². The number of benzene rings is 4.